The van der Waals surface area contributed by atoms with Crippen LogP contribution in [-0.4, -0.2) is 68.2 Å². The van der Waals surface area contributed by atoms with Crippen LogP contribution in [-0.2, 0) is 17.5 Å². The zero-order chi connectivity index (χ0) is 31.6. The molecule has 1 aromatic carbocycles. The van der Waals surface area contributed by atoms with Crippen molar-refractivity contribution in [2.45, 2.75) is 89.3 Å². The molecule has 6 rings (SSSR count). The maximum Gasteiger partial charge on any atom is 0.419 e. The summed E-state index contributed by atoms with van der Waals surface area (Å²) in [4.78, 5) is 18.1. The summed E-state index contributed by atoms with van der Waals surface area (Å²) in [7, 11) is 0. The first kappa shape index (κ1) is 30.8. The second-order valence-electron chi connectivity index (χ2n) is 12.3. The van der Waals surface area contributed by atoms with Crippen LogP contribution < -0.4 is 16.2 Å². The fourth-order valence-corrected chi connectivity index (χ4v) is 7.02. The molecule has 2 aliphatic heterocycles. The lowest BCUT2D eigenvalue weighted by Crippen LogP contribution is -2.59. The van der Waals surface area contributed by atoms with Gasteiger partial charge in [-0.05, 0) is 57.2 Å². The first-order valence-corrected chi connectivity index (χ1v) is 14.9. The van der Waals surface area contributed by atoms with Crippen molar-refractivity contribution < 1.29 is 31.1 Å². The van der Waals surface area contributed by atoms with Crippen LogP contribution in [0.5, 0.6) is 0 Å². The van der Waals surface area contributed by atoms with E-state index in [0.29, 0.717) is 49.3 Å². The van der Waals surface area contributed by atoms with E-state index in [1.54, 1.807) is 0 Å². The number of alkyl halides is 5. The van der Waals surface area contributed by atoms with E-state index in [1.807, 2.05) is 30.2 Å². The average molecular weight is 627 g/mol. The number of piperazine rings is 1. The summed E-state index contributed by atoms with van der Waals surface area (Å²) in [6.07, 6.45) is -3.71. The molecule has 1 saturated carbocycles. The molecule has 4 heterocycles. The number of imidazole rings is 1. The minimum atomic E-state index is -4.86. The monoisotopic (exact) mass is 626 g/mol. The largest absolute Gasteiger partial charge is 0.419 e. The number of benzene rings is 1. The van der Waals surface area contributed by atoms with Crippen LogP contribution in [0.1, 0.15) is 62.5 Å². The van der Waals surface area contributed by atoms with Crippen molar-refractivity contribution in [3.8, 4) is 0 Å². The Morgan fingerprint density at radius 3 is 2.48 bits per heavy atom. The third-order valence-electron chi connectivity index (χ3n) is 9.18. The maximum absolute atomic E-state index is 14.7. The molecule has 2 saturated heterocycles. The molecule has 2 unspecified atom stereocenters. The van der Waals surface area contributed by atoms with Crippen LogP contribution in [0.15, 0.2) is 18.2 Å². The molecule has 44 heavy (non-hydrogen) atoms. The summed E-state index contributed by atoms with van der Waals surface area (Å²) >= 11 is 0. The standard InChI is InChI=1S/C29H36F6N8O/c1-15-13-42(25-23-26(39-27(38-25)40-36)43(17(3)37-23)14-20-5-4-8-44-20)16(2)12-41(15)24(19-10-28(31,32)11-19)18-6-7-21(22(30)9-18)29(33,34)35/h6-7,9,15-16,19-20,24H,4-5,8,10-14,36H2,1-3H3,(H,38,39,40)/t15-,16+,20?,24?/m1/s1. The van der Waals surface area contributed by atoms with Gasteiger partial charge in [-0.2, -0.15) is 23.1 Å². The third-order valence-corrected chi connectivity index (χ3v) is 9.18. The summed E-state index contributed by atoms with van der Waals surface area (Å²) in [5.74, 6) is 2.45. The Labute approximate surface area is 250 Å². The van der Waals surface area contributed by atoms with Crippen LogP contribution in [0.2, 0.25) is 0 Å². The number of hydrogen-bond acceptors (Lipinski definition) is 8. The van der Waals surface area contributed by atoms with Crippen LogP contribution in [0.3, 0.4) is 0 Å². The lowest BCUT2D eigenvalue weighted by atomic mass is 9.73. The summed E-state index contributed by atoms with van der Waals surface area (Å²) in [5.41, 5.74) is 2.61. The third kappa shape index (κ3) is 5.69. The van der Waals surface area contributed by atoms with Gasteiger partial charge in [-0.3, -0.25) is 10.3 Å². The second-order valence-corrected chi connectivity index (χ2v) is 12.3. The number of nitrogens with zero attached hydrogens (tertiary/aromatic N) is 6. The van der Waals surface area contributed by atoms with E-state index < -0.39 is 48.3 Å². The lowest BCUT2D eigenvalue weighted by molar-refractivity contribution is -0.140. The lowest BCUT2D eigenvalue weighted by Gasteiger charge is -2.52. The van der Waals surface area contributed by atoms with Gasteiger partial charge in [0.25, 0.3) is 0 Å². The minimum Gasteiger partial charge on any atom is -0.376 e. The molecule has 4 atom stereocenters. The van der Waals surface area contributed by atoms with Crippen molar-refractivity contribution in [3.63, 3.8) is 0 Å². The number of hydrazine groups is 1. The number of hydrogen-bond donors (Lipinski definition) is 2. The number of ether oxygens (including phenoxy) is 1. The van der Waals surface area contributed by atoms with Crippen molar-refractivity contribution >= 4 is 22.9 Å². The Kier molecular flexibility index (Phi) is 7.94. The molecule has 3 N–H and O–H groups in total. The summed E-state index contributed by atoms with van der Waals surface area (Å²) in [6, 6.07) is 1.60. The number of nitrogens with one attached hydrogen (secondary N) is 1. The van der Waals surface area contributed by atoms with Gasteiger partial charge in [-0.25, -0.2) is 24.0 Å². The predicted molar refractivity (Wildman–Crippen MR) is 152 cm³/mol. The van der Waals surface area contributed by atoms with Crippen LogP contribution in [0.4, 0.5) is 38.1 Å². The Morgan fingerprint density at radius 1 is 1.11 bits per heavy atom. The molecule has 1 aliphatic carbocycles. The molecule has 240 valence electrons. The van der Waals surface area contributed by atoms with E-state index >= 15 is 0 Å². The first-order chi connectivity index (χ1) is 20.8. The highest BCUT2D eigenvalue weighted by Crippen LogP contribution is 2.51. The van der Waals surface area contributed by atoms with Crippen molar-refractivity contribution in [3.05, 3.63) is 41.0 Å². The van der Waals surface area contributed by atoms with Crippen molar-refractivity contribution in [2.75, 3.05) is 30.0 Å². The molecule has 3 aliphatic rings. The average Bonchev–Trinajstić information content (AvgIpc) is 3.56. The Balaban J connectivity index is 1.32. The Morgan fingerprint density at radius 2 is 1.86 bits per heavy atom. The minimum absolute atomic E-state index is 0.0483. The van der Waals surface area contributed by atoms with Crippen LogP contribution in [0.25, 0.3) is 11.2 Å². The van der Waals surface area contributed by atoms with Gasteiger partial charge < -0.3 is 14.2 Å². The van der Waals surface area contributed by atoms with Gasteiger partial charge in [0.05, 0.1) is 18.2 Å². The molecule has 0 bridgehead atoms. The molecule has 0 radical (unpaired) electrons. The number of fused-ring (bicyclic) bond motifs is 1. The molecule has 15 heteroatoms. The predicted octanol–water partition coefficient (Wildman–Crippen LogP) is 5.44. The van der Waals surface area contributed by atoms with E-state index in [-0.39, 0.29) is 29.7 Å². The van der Waals surface area contributed by atoms with E-state index in [0.717, 1.165) is 24.7 Å². The topological polar surface area (TPSA) is 97.4 Å². The molecule has 3 fully saturated rings. The van der Waals surface area contributed by atoms with Gasteiger partial charge in [0, 0.05) is 50.7 Å². The number of aryl methyl sites for hydroxylation is 1. The number of anilines is 2. The van der Waals surface area contributed by atoms with Gasteiger partial charge in [0.1, 0.15) is 11.6 Å². The van der Waals surface area contributed by atoms with Crippen LogP contribution >= 0.6 is 0 Å². The fourth-order valence-electron chi connectivity index (χ4n) is 7.02. The first-order valence-electron chi connectivity index (χ1n) is 14.9. The molecule has 9 nitrogen and oxygen atoms in total. The summed E-state index contributed by atoms with van der Waals surface area (Å²) in [5, 5.41) is 0. The number of nitrogens with two attached hydrogens (primary N) is 1. The molecular weight excluding hydrogens is 590 g/mol. The quantitative estimate of drug-likeness (QED) is 0.203. The van der Waals surface area contributed by atoms with Gasteiger partial charge in [0.2, 0.25) is 11.9 Å². The highest BCUT2D eigenvalue weighted by Gasteiger charge is 2.52. The molecule has 0 spiro atoms. The summed E-state index contributed by atoms with van der Waals surface area (Å²) in [6.45, 7) is 7.83. The zero-order valence-electron chi connectivity index (χ0n) is 24.7. The number of nitrogen functional groups attached to an aromatic ring is 1. The van der Waals surface area contributed by atoms with Crippen LogP contribution in [0, 0.1) is 18.7 Å². The Bertz CT molecular complexity index is 1520. The fraction of sp³-hybridized carbons (Fsp3) is 0.621. The van der Waals surface area contributed by atoms with E-state index in [2.05, 4.69) is 20.3 Å². The maximum atomic E-state index is 14.7. The molecular formula is C29H36F6N8O. The normalized spacial score (nSPS) is 25.4. The van der Waals surface area contributed by atoms with Crippen molar-refractivity contribution in [1.29, 1.82) is 0 Å². The van der Waals surface area contributed by atoms with Gasteiger partial charge in [0.15, 0.2) is 17.0 Å². The SMILES string of the molecule is Cc1nc2c(N3C[C@@H](C)N(C(c4ccc(C(F)(F)F)c(F)c4)C4CC(F)(F)C4)C[C@@H]3C)nc(NN)nc2n1CC1CCCO1. The number of halogens is 6. The van der Waals surface area contributed by atoms with Crippen molar-refractivity contribution in [2.24, 2.45) is 11.8 Å². The highest BCUT2D eigenvalue weighted by molar-refractivity contribution is 5.85. The zero-order valence-corrected chi connectivity index (χ0v) is 24.7. The van der Waals surface area contributed by atoms with Gasteiger partial charge >= 0.3 is 6.18 Å². The van der Waals surface area contributed by atoms with E-state index in [1.165, 1.54) is 6.07 Å². The summed E-state index contributed by atoms with van der Waals surface area (Å²) < 4.78 is 90.6. The van der Waals surface area contributed by atoms with Gasteiger partial charge in [-0.15, -0.1) is 0 Å². The number of rotatable bonds is 7. The Hall–Kier alpha value is -3.17. The smallest absolute Gasteiger partial charge is 0.376 e. The molecule has 3 aromatic rings. The molecule has 2 aromatic heterocycles. The number of aromatic nitrogens is 4. The van der Waals surface area contributed by atoms with E-state index in [4.69, 9.17) is 15.6 Å². The van der Waals surface area contributed by atoms with Gasteiger partial charge in [-0.1, -0.05) is 6.07 Å². The van der Waals surface area contributed by atoms with Crippen molar-refractivity contribution in [1.82, 2.24) is 24.4 Å². The molecule has 0 amide bonds. The van der Waals surface area contributed by atoms with E-state index in [9.17, 15) is 26.3 Å². The highest BCUT2D eigenvalue weighted by atomic mass is 19.4. The second kappa shape index (κ2) is 11.3.